The van der Waals surface area contributed by atoms with Gasteiger partial charge in [0.05, 0.1) is 6.10 Å². The van der Waals surface area contributed by atoms with Crippen molar-refractivity contribution in [3.63, 3.8) is 0 Å². The summed E-state index contributed by atoms with van der Waals surface area (Å²) in [5.74, 6) is 0.649. The Morgan fingerprint density at radius 3 is 2.61 bits per heavy atom. The molecule has 1 heterocycles. The second-order valence-electron chi connectivity index (χ2n) is 11.4. The van der Waals surface area contributed by atoms with Crippen LogP contribution in [0.25, 0.3) is 10.8 Å². The molecular formula is C31H38N2O3. The number of hydrogen-bond donors (Lipinski definition) is 2. The quantitative estimate of drug-likeness (QED) is 0.529. The average molecular weight is 487 g/mol. The summed E-state index contributed by atoms with van der Waals surface area (Å²) in [7, 11) is 2.11. The minimum absolute atomic E-state index is 0.0316. The molecule has 5 rings (SSSR count). The molecule has 190 valence electrons. The van der Waals surface area contributed by atoms with Gasteiger partial charge in [0.15, 0.2) is 0 Å². The van der Waals surface area contributed by atoms with Gasteiger partial charge in [-0.25, -0.2) is 0 Å². The van der Waals surface area contributed by atoms with Crippen molar-refractivity contribution in [1.29, 1.82) is 0 Å². The summed E-state index contributed by atoms with van der Waals surface area (Å²) in [4.78, 5) is 18.4. The summed E-state index contributed by atoms with van der Waals surface area (Å²) in [5.41, 5.74) is 1.49. The maximum Gasteiger partial charge on any atom is 0.254 e. The van der Waals surface area contributed by atoms with Gasteiger partial charge in [-0.15, -0.1) is 0 Å². The van der Waals surface area contributed by atoms with Crippen LogP contribution in [-0.4, -0.2) is 64.7 Å². The molecule has 3 aromatic carbocycles. The number of fused-ring (bicyclic) bond motifs is 2. The predicted octanol–water partition coefficient (Wildman–Crippen LogP) is 5.06. The predicted molar refractivity (Wildman–Crippen MR) is 144 cm³/mol. The molecule has 4 atom stereocenters. The third-order valence-corrected chi connectivity index (χ3v) is 8.42. The van der Waals surface area contributed by atoms with Gasteiger partial charge < -0.3 is 20.0 Å². The maximum absolute atomic E-state index is 14.0. The zero-order valence-corrected chi connectivity index (χ0v) is 21.6. The summed E-state index contributed by atoms with van der Waals surface area (Å²) in [6, 6.07) is 21.5. The van der Waals surface area contributed by atoms with Gasteiger partial charge in [-0.05, 0) is 79.4 Å². The summed E-state index contributed by atoms with van der Waals surface area (Å²) in [6.07, 6.45) is 1.74. The van der Waals surface area contributed by atoms with E-state index in [0.29, 0.717) is 24.4 Å². The first-order valence-corrected chi connectivity index (χ1v) is 13.2. The molecule has 5 nitrogen and oxygen atoms in total. The molecule has 2 aliphatic rings. The third-order valence-electron chi connectivity index (χ3n) is 8.42. The number of phenolic OH excluding ortho intramolecular Hbond substituents is 1. The molecule has 1 aliphatic carbocycles. The van der Waals surface area contributed by atoms with E-state index in [0.717, 1.165) is 42.3 Å². The number of amides is 1. The number of rotatable bonds is 5. The van der Waals surface area contributed by atoms with E-state index < -0.39 is 6.10 Å². The van der Waals surface area contributed by atoms with E-state index in [-0.39, 0.29) is 29.0 Å². The molecule has 0 aromatic heterocycles. The van der Waals surface area contributed by atoms with Crippen LogP contribution >= 0.6 is 0 Å². The van der Waals surface area contributed by atoms with Crippen molar-refractivity contribution < 1.29 is 15.0 Å². The molecule has 36 heavy (non-hydrogen) atoms. The first-order valence-electron chi connectivity index (χ1n) is 13.2. The highest BCUT2D eigenvalue weighted by Crippen LogP contribution is 2.50. The van der Waals surface area contributed by atoms with E-state index in [1.807, 2.05) is 53.4 Å². The number of aromatic hydroxyl groups is 1. The van der Waals surface area contributed by atoms with Gasteiger partial charge in [-0.2, -0.15) is 0 Å². The number of carbonyl (C=O) groups excluding carboxylic acids is 1. The van der Waals surface area contributed by atoms with Crippen LogP contribution in [0.4, 0.5) is 0 Å². The Balaban J connectivity index is 1.53. The molecule has 1 aliphatic heterocycles. The van der Waals surface area contributed by atoms with Crippen LogP contribution in [0.2, 0.25) is 0 Å². The fourth-order valence-electron chi connectivity index (χ4n) is 6.68. The van der Waals surface area contributed by atoms with Crippen molar-refractivity contribution in [2.75, 3.05) is 26.7 Å². The molecule has 0 radical (unpaired) electrons. The lowest BCUT2D eigenvalue weighted by atomic mass is 9.56. The second-order valence-corrected chi connectivity index (χ2v) is 11.4. The van der Waals surface area contributed by atoms with E-state index in [2.05, 4.69) is 37.9 Å². The van der Waals surface area contributed by atoms with E-state index in [4.69, 9.17) is 0 Å². The largest absolute Gasteiger partial charge is 0.508 e. The number of carbonyl (C=O) groups is 1. The molecule has 5 heteroatoms. The number of phenols is 1. The number of hydrogen-bond acceptors (Lipinski definition) is 4. The van der Waals surface area contributed by atoms with E-state index in [1.165, 1.54) is 0 Å². The van der Waals surface area contributed by atoms with Crippen molar-refractivity contribution >= 4 is 16.7 Å². The Labute approximate surface area is 214 Å². The van der Waals surface area contributed by atoms with Gasteiger partial charge in [0.2, 0.25) is 0 Å². The zero-order valence-electron chi connectivity index (χ0n) is 21.6. The number of aliphatic hydroxyl groups is 1. The zero-order chi connectivity index (χ0) is 25.4. The fraction of sp³-hybridized carbons (Fsp3) is 0.452. The van der Waals surface area contributed by atoms with Gasteiger partial charge in [-0.3, -0.25) is 4.79 Å². The van der Waals surface area contributed by atoms with Crippen molar-refractivity contribution in [1.82, 2.24) is 9.80 Å². The van der Waals surface area contributed by atoms with Crippen LogP contribution in [0.3, 0.4) is 0 Å². The number of nitrogens with zero attached hydrogens (tertiary/aromatic N) is 2. The van der Waals surface area contributed by atoms with Crippen molar-refractivity contribution in [3.8, 4) is 5.75 Å². The summed E-state index contributed by atoms with van der Waals surface area (Å²) >= 11 is 0. The standard InChI is InChI=1S/C31H38N2O3/c1-21(2)19-33(30(36)24-12-11-22-7-4-5-8-23(22)15-24)26-17-29(35)28-20-32(3)14-13-31(28,18-26)25-9-6-10-27(34)16-25/h4-12,15-16,21,26,28-29,34-35H,13-14,17-20H2,1-3H3. The van der Waals surface area contributed by atoms with Gasteiger partial charge in [0, 0.05) is 36.0 Å². The topological polar surface area (TPSA) is 64.0 Å². The minimum atomic E-state index is -0.520. The minimum Gasteiger partial charge on any atom is -0.508 e. The Morgan fingerprint density at radius 1 is 1.08 bits per heavy atom. The normalized spacial score (nSPS) is 26.6. The molecule has 2 N–H and O–H groups in total. The monoisotopic (exact) mass is 486 g/mol. The Hall–Kier alpha value is -2.89. The number of piperidine rings is 1. The summed E-state index contributed by atoms with van der Waals surface area (Å²) < 4.78 is 0. The van der Waals surface area contributed by atoms with Gasteiger partial charge >= 0.3 is 0 Å². The first-order chi connectivity index (χ1) is 17.3. The van der Waals surface area contributed by atoms with E-state index in [1.54, 1.807) is 6.07 Å². The second kappa shape index (κ2) is 9.87. The number of likely N-dealkylation sites (tertiary alicyclic amines) is 1. The van der Waals surface area contributed by atoms with Crippen molar-refractivity contribution in [2.45, 2.75) is 50.7 Å². The van der Waals surface area contributed by atoms with E-state index in [9.17, 15) is 15.0 Å². The highest BCUT2D eigenvalue weighted by atomic mass is 16.3. The van der Waals surface area contributed by atoms with Crippen molar-refractivity contribution in [2.24, 2.45) is 11.8 Å². The van der Waals surface area contributed by atoms with Gasteiger partial charge in [0.1, 0.15) is 5.75 Å². The van der Waals surface area contributed by atoms with Gasteiger partial charge in [-0.1, -0.05) is 56.3 Å². The van der Waals surface area contributed by atoms with Crippen molar-refractivity contribution in [3.05, 3.63) is 77.9 Å². The van der Waals surface area contributed by atoms with Gasteiger partial charge in [0.25, 0.3) is 5.91 Å². The SMILES string of the molecule is CC(C)CN(C(=O)c1ccc2ccccc2c1)C1CC(O)C2CN(C)CCC2(c2cccc(O)c2)C1. The van der Waals surface area contributed by atoms with Crippen LogP contribution in [-0.2, 0) is 5.41 Å². The summed E-state index contributed by atoms with van der Waals surface area (Å²) in [6.45, 7) is 6.66. The smallest absolute Gasteiger partial charge is 0.254 e. The lowest BCUT2D eigenvalue weighted by Gasteiger charge is -2.56. The third kappa shape index (κ3) is 4.62. The highest BCUT2D eigenvalue weighted by molar-refractivity contribution is 5.98. The van der Waals surface area contributed by atoms with Crippen LogP contribution in [0, 0.1) is 11.8 Å². The molecule has 1 saturated carbocycles. The molecular weight excluding hydrogens is 448 g/mol. The summed E-state index contributed by atoms with van der Waals surface area (Å²) in [5, 5.41) is 24.0. The van der Waals surface area contributed by atoms with Crippen LogP contribution < -0.4 is 0 Å². The maximum atomic E-state index is 14.0. The molecule has 1 saturated heterocycles. The molecule has 0 spiro atoms. The van der Waals surface area contributed by atoms with Crippen LogP contribution in [0.1, 0.15) is 49.0 Å². The van der Waals surface area contributed by atoms with Crippen LogP contribution in [0.15, 0.2) is 66.7 Å². The number of aliphatic hydroxyl groups excluding tert-OH is 1. The molecule has 4 unspecified atom stereocenters. The molecule has 0 bridgehead atoms. The molecule has 3 aromatic rings. The average Bonchev–Trinajstić information content (AvgIpc) is 2.87. The molecule has 2 fully saturated rings. The fourth-order valence-corrected chi connectivity index (χ4v) is 6.68. The Bertz CT molecular complexity index is 1240. The van der Waals surface area contributed by atoms with E-state index >= 15 is 0 Å². The lowest BCUT2D eigenvalue weighted by Crippen LogP contribution is -2.61. The Kier molecular flexibility index (Phi) is 6.80. The Morgan fingerprint density at radius 2 is 1.86 bits per heavy atom. The van der Waals surface area contributed by atoms with Crippen LogP contribution in [0.5, 0.6) is 5.75 Å². The first kappa shape index (κ1) is 24.8. The lowest BCUT2D eigenvalue weighted by molar-refractivity contribution is -0.0606. The highest BCUT2D eigenvalue weighted by Gasteiger charge is 2.53. The molecule has 1 amide bonds. The number of benzene rings is 3.